The molecule has 0 aromatic heterocycles. The summed E-state index contributed by atoms with van der Waals surface area (Å²) in [4.78, 5) is 27.5. The van der Waals surface area contributed by atoms with Crippen LogP contribution in [-0.2, 0) is 26.2 Å². The van der Waals surface area contributed by atoms with E-state index in [2.05, 4.69) is 5.32 Å². The van der Waals surface area contributed by atoms with Crippen molar-refractivity contribution in [3.05, 3.63) is 58.1 Å². The standard InChI is InChI=1S/C23H29Cl2N3O5S/c1-5-9-26-23(30)16(2)27(14-17-7-6-8-21(10-17)33-3)22(29)15-28(34(4,31)32)20-12-18(24)11-19(25)13-20/h6-8,10-13,16H,5,9,14-15H2,1-4H3,(H,26,30). The Balaban J connectivity index is 2.41. The number of carbonyl (C=O) groups is 2. The van der Waals surface area contributed by atoms with Crippen molar-refractivity contribution >= 4 is 50.7 Å². The van der Waals surface area contributed by atoms with Crippen molar-refractivity contribution in [3.8, 4) is 5.75 Å². The lowest BCUT2D eigenvalue weighted by molar-refractivity contribution is -0.139. The van der Waals surface area contributed by atoms with Gasteiger partial charge in [-0.1, -0.05) is 42.3 Å². The van der Waals surface area contributed by atoms with Gasteiger partial charge < -0.3 is 15.0 Å². The molecule has 2 aromatic rings. The van der Waals surface area contributed by atoms with Gasteiger partial charge in [0.25, 0.3) is 0 Å². The molecule has 0 saturated heterocycles. The van der Waals surface area contributed by atoms with Gasteiger partial charge in [-0.25, -0.2) is 8.42 Å². The van der Waals surface area contributed by atoms with E-state index in [4.69, 9.17) is 27.9 Å². The number of anilines is 1. The molecular weight excluding hydrogens is 501 g/mol. The van der Waals surface area contributed by atoms with Crippen molar-refractivity contribution in [2.45, 2.75) is 32.9 Å². The highest BCUT2D eigenvalue weighted by Crippen LogP contribution is 2.27. The second-order valence-corrected chi connectivity index (χ2v) is 10.5. The normalized spacial score (nSPS) is 12.1. The molecule has 34 heavy (non-hydrogen) atoms. The van der Waals surface area contributed by atoms with E-state index in [0.29, 0.717) is 12.3 Å². The molecule has 0 spiro atoms. The fourth-order valence-corrected chi connectivity index (χ4v) is 4.59. The number of hydrogen-bond acceptors (Lipinski definition) is 5. The molecule has 0 saturated carbocycles. The van der Waals surface area contributed by atoms with Crippen molar-refractivity contribution < 1.29 is 22.7 Å². The fourth-order valence-electron chi connectivity index (χ4n) is 3.24. The molecule has 0 aliphatic rings. The van der Waals surface area contributed by atoms with Crippen LogP contribution in [0.25, 0.3) is 0 Å². The van der Waals surface area contributed by atoms with Crippen LogP contribution < -0.4 is 14.4 Å². The molecule has 2 amide bonds. The third kappa shape index (κ3) is 7.78. The lowest BCUT2D eigenvalue weighted by atomic mass is 10.1. The summed E-state index contributed by atoms with van der Waals surface area (Å²) in [6.07, 6.45) is 1.72. The summed E-state index contributed by atoms with van der Waals surface area (Å²) >= 11 is 12.1. The first kappa shape index (κ1) is 27.8. The third-order valence-electron chi connectivity index (χ3n) is 5.02. The second-order valence-electron chi connectivity index (χ2n) is 7.74. The number of nitrogens with zero attached hydrogens (tertiary/aromatic N) is 2. The quantitative estimate of drug-likeness (QED) is 0.478. The van der Waals surface area contributed by atoms with Crippen LogP contribution in [0, 0.1) is 0 Å². The van der Waals surface area contributed by atoms with Crippen LogP contribution in [0.2, 0.25) is 10.0 Å². The largest absolute Gasteiger partial charge is 0.497 e. The van der Waals surface area contributed by atoms with E-state index in [0.717, 1.165) is 22.5 Å². The highest BCUT2D eigenvalue weighted by Gasteiger charge is 2.30. The highest BCUT2D eigenvalue weighted by atomic mass is 35.5. The lowest BCUT2D eigenvalue weighted by Crippen LogP contribution is -2.51. The molecule has 0 heterocycles. The summed E-state index contributed by atoms with van der Waals surface area (Å²) in [7, 11) is -2.35. The summed E-state index contributed by atoms with van der Waals surface area (Å²) in [6.45, 7) is 3.52. The molecule has 0 bridgehead atoms. The minimum absolute atomic E-state index is 0.0741. The van der Waals surface area contributed by atoms with E-state index in [1.165, 1.54) is 30.2 Å². The molecule has 1 unspecified atom stereocenters. The first-order valence-electron chi connectivity index (χ1n) is 10.6. The molecule has 0 aliphatic heterocycles. The predicted molar refractivity (Wildman–Crippen MR) is 135 cm³/mol. The molecule has 0 fully saturated rings. The van der Waals surface area contributed by atoms with Crippen LogP contribution in [0.5, 0.6) is 5.75 Å². The first-order chi connectivity index (χ1) is 16.0. The number of benzene rings is 2. The number of nitrogens with one attached hydrogen (secondary N) is 1. The summed E-state index contributed by atoms with van der Waals surface area (Å²) in [5.74, 6) is -0.308. The van der Waals surface area contributed by atoms with Crippen molar-refractivity contribution in [2.75, 3.05) is 30.8 Å². The van der Waals surface area contributed by atoms with Crippen LogP contribution >= 0.6 is 23.2 Å². The van der Waals surface area contributed by atoms with E-state index in [1.807, 2.05) is 6.92 Å². The number of hydrogen-bond donors (Lipinski definition) is 1. The van der Waals surface area contributed by atoms with Gasteiger partial charge in [0.1, 0.15) is 18.3 Å². The average molecular weight is 530 g/mol. The van der Waals surface area contributed by atoms with Gasteiger partial charge in [-0.3, -0.25) is 13.9 Å². The monoisotopic (exact) mass is 529 g/mol. The van der Waals surface area contributed by atoms with Crippen molar-refractivity contribution in [1.29, 1.82) is 0 Å². The van der Waals surface area contributed by atoms with Gasteiger partial charge in [-0.15, -0.1) is 0 Å². The van der Waals surface area contributed by atoms with E-state index in [9.17, 15) is 18.0 Å². The molecule has 0 aliphatic carbocycles. The molecule has 186 valence electrons. The maximum atomic E-state index is 13.5. The summed E-state index contributed by atoms with van der Waals surface area (Å²) < 4.78 is 31.3. The number of amides is 2. The lowest BCUT2D eigenvalue weighted by Gasteiger charge is -2.31. The first-order valence-corrected chi connectivity index (χ1v) is 13.2. The zero-order chi connectivity index (χ0) is 25.5. The Morgan fingerprint density at radius 1 is 1.12 bits per heavy atom. The zero-order valence-corrected chi connectivity index (χ0v) is 21.9. The van der Waals surface area contributed by atoms with Crippen molar-refractivity contribution in [3.63, 3.8) is 0 Å². The number of sulfonamides is 1. The average Bonchev–Trinajstić information content (AvgIpc) is 2.77. The molecular formula is C23H29Cl2N3O5S. The third-order valence-corrected chi connectivity index (χ3v) is 6.60. The zero-order valence-electron chi connectivity index (χ0n) is 19.5. The molecule has 0 radical (unpaired) electrons. The van der Waals surface area contributed by atoms with E-state index in [1.54, 1.807) is 31.2 Å². The maximum Gasteiger partial charge on any atom is 0.244 e. The number of ether oxygens (including phenoxy) is 1. The fraction of sp³-hybridized carbons (Fsp3) is 0.391. The Bertz CT molecular complexity index is 1110. The van der Waals surface area contributed by atoms with Crippen LogP contribution in [0.3, 0.4) is 0 Å². The van der Waals surface area contributed by atoms with E-state index in [-0.39, 0.29) is 28.2 Å². The van der Waals surface area contributed by atoms with Gasteiger partial charge >= 0.3 is 0 Å². The van der Waals surface area contributed by atoms with Gasteiger partial charge in [0.2, 0.25) is 21.8 Å². The number of halogens is 2. The number of carbonyl (C=O) groups excluding carboxylic acids is 2. The Morgan fingerprint density at radius 3 is 2.32 bits per heavy atom. The van der Waals surface area contributed by atoms with Gasteiger partial charge in [0.05, 0.1) is 19.1 Å². The van der Waals surface area contributed by atoms with Gasteiger partial charge in [0, 0.05) is 23.1 Å². The van der Waals surface area contributed by atoms with Gasteiger partial charge in [-0.05, 0) is 49.2 Å². The number of methoxy groups -OCH3 is 1. The Hall–Kier alpha value is -2.49. The van der Waals surface area contributed by atoms with Crippen LogP contribution in [0.4, 0.5) is 5.69 Å². The molecule has 2 aromatic carbocycles. The predicted octanol–water partition coefficient (Wildman–Crippen LogP) is 3.71. The van der Waals surface area contributed by atoms with Gasteiger partial charge in [-0.2, -0.15) is 0 Å². The van der Waals surface area contributed by atoms with Crippen molar-refractivity contribution in [2.24, 2.45) is 0 Å². The number of rotatable bonds is 11. The Labute approximate surface area is 210 Å². The summed E-state index contributed by atoms with van der Waals surface area (Å²) in [6, 6.07) is 10.5. The molecule has 2 rings (SSSR count). The van der Waals surface area contributed by atoms with Crippen LogP contribution in [0.1, 0.15) is 25.8 Å². The van der Waals surface area contributed by atoms with Crippen molar-refractivity contribution in [1.82, 2.24) is 10.2 Å². The van der Waals surface area contributed by atoms with Crippen LogP contribution in [-0.4, -0.2) is 57.6 Å². The molecule has 11 heteroatoms. The van der Waals surface area contributed by atoms with Crippen LogP contribution in [0.15, 0.2) is 42.5 Å². The molecule has 1 N–H and O–H groups in total. The SMILES string of the molecule is CCCNC(=O)C(C)N(Cc1cccc(OC)c1)C(=O)CN(c1cc(Cl)cc(Cl)c1)S(C)(=O)=O. The van der Waals surface area contributed by atoms with E-state index < -0.39 is 28.5 Å². The Morgan fingerprint density at radius 2 is 1.76 bits per heavy atom. The molecule has 1 atom stereocenters. The maximum absolute atomic E-state index is 13.5. The van der Waals surface area contributed by atoms with Gasteiger partial charge in [0.15, 0.2) is 0 Å². The minimum atomic E-state index is -3.88. The summed E-state index contributed by atoms with van der Waals surface area (Å²) in [5, 5.41) is 3.23. The molecule has 8 nitrogen and oxygen atoms in total. The topological polar surface area (TPSA) is 96.0 Å². The second kappa shape index (κ2) is 12.3. The summed E-state index contributed by atoms with van der Waals surface area (Å²) in [5.41, 5.74) is 0.873. The van der Waals surface area contributed by atoms with E-state index >= 15 is 0 Å². The minimum Gasteiger partial charge on any atom is -0.497 e. The Kier molecular flexibility index (Phi) is 10.0. The smallest absolute Gasteiger partial charge is 0.244 e. The highest BCUT2D eigenvalue weighted by molar-refractivity contribution is 7.92.